The quantitative estimate of drug-likeness (QED) is 0.507. The van der Waals surface area contributed by atoms with Crippen LogP contribution < -0.4 is 21.7 Å². The van der Waals surface area contributed by atoms with Gasteiger partial charge < -0.3 is 21.9 Å². The molecule has 9 heteroatoms. The Hall–Kier alpha value is -2.16. The molecule has 0 radical (unpaired) electrons. The van der Waals surface area contributed by atoms with Gasteiger partial charge in [-0.1, -0.05) is 0 Å². The van der Waals surface area contributed by atoms with Crippen molar-refractivity contribution in [3.8, 4) is 0 Å². The van der Waals surface area contributed by atoms with E-state index in [0.717, 1.165) is 4.90 Å². The van der Waals surface area contributed by atoms with Gasteiger partial charge in [-0.3, -0.25) is 4.90 Å². The third kappa shape index (κ3) is 3.72. The van der Waals surface area contributed by atoms with Crippen molar-refractivity contribution in [1.29, 1.82) is 0 Å². The number of urea groups is 1. The maximum Gasteiger partial charge on any atom is 0.324 e. The molecule has 0 aliphatic rings. The van der Waals surface area contributed by atoms with Gasteiger partial charge in [0.25, 0.3) is 0 Å². The molecular weight excluding hydrogens is 226 g/mol. The molecule has 0 aromatic carbocycles. The van der Waals surface area contributed by atoms with E-state index in [0.29, 0.717) is 0 Å². The van der Waals surface area contributed by atoms with Crippen LogP contribution in [0.3, 0.4) is 0 Å². The van der Waals surface area contributed by atoms with Crippen molar-refractivity contribution < 1.29 is 9.90 Å². The lowest BCUT2D eigenvalue weighted by atomic mass is 10.4. The first-order chi connectivity index (χ1) is 7.90. The second kappa shape index (κ2) is 5.25. The monoisotopic (exact) mass is 241 g/mol. The number of rotatable bonds is 3. The first-order valence-electron chi connectivity index (χ1n) is 4.86. The molecule has 0 bridgehead atoms. The summed E-state index contributed by atoms with van der Waals surface area (Å²) in [7, 11) is 1.45. The van der Waals surface area contributed by atoms with Crippen molar-refractivity contribution in [1.82, 2.24) is 20.3 Å². The molecule has 0 aliphatic carbocycles. The largest absolute Gasteiger partial charge is 0.392 e. The molecule has 6 N–H and O–H groups in total. The molecule has 0 aliphatic heterocycles. The summed E-state index contributed by atoms with van der Waals surface area (Å²) in [6.07, 6.45) is -0.638. The fourth-order valence-corrected chi connectivity index (χ4v) is 0.992. The molecule has 9 nitrogen and oxygen atoms in total. The van der Waals surface area contributed by atoms with Crippen molar-refractivity contribution in [2.75, 3.05) is 30.0 Å². The number of carbonyl (C=O) groups excluding carboxylic acids is 1. The number of amides is 2. The van der Waals surface area contributed by atoms with Gasteiger partial charge in [0.05, 0.1) is 6.10 Å². The van der Waals surface area contributed by atoms with Crippen molar-refractivity contribution in [3.05, 3.63) is 0 Å². The highest BCUT2D eigenvalue weighted by atomic mass is 16.3. The van der Waals surface area contributed by atoms with Gasteiger partial charge in [0, 0.05) is 13.6 Å². The summed E-state index contributed by atoms with van der Waals surface area (Å²) in [5.41, 5.74) is 10.8. The van der Waals surface area contributed by atoms with Gasteiger partial charge in [0.2, 0.25) is 17.8 Å². The number of anilines is 3. The average Bonchev–Trinajstić information content (AvgIpc) is 2.23. The number of carbonyl (C=O) groups is 1. The van der Waals surface area contributed by atoms with E-state index in [1.807, 2.05) is 0 Å². The standard InChI is InChI=1S/C8H15N7O2/c1-4(16)3-11-8(17)15(2)7-13-5(9)12-6(10)14-7/h4,16H,3H2,1-2H3,(H,11,17)(H4,9,10,12,13,14). The van der Waals surface area contributed by atoms with E-state index < -0.39 is 12.1 Å². The lowest BCUT2D eigenvalue weighted by Crippen LogP contribution is -2.41. The maximum absolute atomic E-state index is 11.6. The lowest BCUT2D eigenvalue weighted by Gasteiger charge is -2.16. The molecule has 2 amide bonds. The van der Waals surface area contributed by atoms with Crippen molar-refractivity contribution in [3.63, 3.8) is 0 Å². The van der Waals surface area contributed by atoms with Crippen molar-refractivity contribution in [2.24, 2.45) is 0 Å². The molecule has 1 rings (SSSR count). The molecule has 94 valence electrons. The Morgan fingerprint density at radius 1 is 1.41 bits per heavy atom. The second-order valence-corrected chi connectivity index (χ2v) is 3.45. The zero-order valence-corrected chi connectivity index (χ0v) is 9.58. The number of hydrogen-bond acceptors (Lipinski definition) is 7. The van der Waals surface area contributed by atoms with Crippen LogP contribution in [0.15, 0.2) is 0 Å². The third-order valence-electron chi connectivity index (χ3n) is 1.81. The van der Waals surface area contributed by atoms with Gasteiger partial charge >= 0.3 is 6.03 Å². The predicted octanol–water partition coefficient (Wildman–Crippen LogP) is -1.44. The number of nitrogens with zero attached hydrogens (tertiary/aromatic N) is 4. The van der Waals surface area contributed by atoms with E-state index in [1.165, 1.54) is 7.05 Å². The summed E-state index contributed by atoms with van der Waals surface area (Å²) >= 11 is 0. The Bertz CT molecular complexity index is 389. The SMILES string of the molecule is CC(O)CNC(=O)N(C)c1nc(N)nc(N)n1. The summed E-state index contributed by atoms with van der Waals surface area (Å²) < 4.78 is 0. The van der Waals surface area contributed by atoms with Crippen LogP contribution in [0.2, 0.25) is 0 Å². The minimum atomic E-state index is -0.638. The molecule has 1 heterocycles. The van der Waals surface area contributed by atoms with E-state index in [2.05, 4.69) is 20.3 Å². The summed E-state index contributed by atoms with van der Waals surface area (Å²) in [5, 5.41) is 11.5. The Labute approximate surface area is 97.9 Å². The average molecular weight is 241 g/mol. The zero-order valence-electron chi connectivity index (χ0n) is 9.58. The molecule has 1 atom stereocenters. The molecular formula is C8H15N7O2. The van der Waals surface area contributed by atoms with Crippen LogP contribution in [0.5, 0.6) is 0 Å². The minimum Gasteiger partial charge on any atom is -0.392 e. The number of aliphatic hydroxyl groups excluding tert-OH is 1. The first kappa shape index (κ1) is 12.9. The summed E-state index contributed by atoms with van der Waals surface area (Å²) in [6, 6.07) is -0.476. The molecule has 0 fully saturated rings. The van der Waals surface area contributed by atoms with E-state index in [1.54, 1.807) is 6.92 Å². The molecule has 1 aromatic rings. The Balaban J connectivity index is 2.74. The van der Waals surface area contributed by atoms with Crippen LogP contribution in [0.1, 0.15) is 6.92 Å². The minimum absolute atomic E-state index is 0.0399. The second-order valence-electron chi connectivity index (χ2n) is 3.45. The fraction of sp³-hybridized carbons (Fsp3) is 0.500. The third-order valence-corrected chi connectivity index (χ3v) is 1.81. The van der Waals surface area contributed by atoms with Crippen LogP contribution in [-0.2, 0) is 0 Å². The Morgan fingerprint density at radius 2 is 1.94 bits per heavy atom. The highest BCUT2D eigenvalue weighted by molar-refractivity contribution is 5.89. The number of nitrogens with one attached hydrogen (secondary N) is 1. The Morgan fingerprint density at radius 3 is 2.41 bits per heavy atom. The van der Waals surface area contributed by atoms with Gasteiger partial charge in [-0.15, -0.1) is 0 Å². The highest BCUT2D eigenvalue weighted by Gasteiger charge is 2.15. The Kier molecular flexibility index (Phi) is 3.99. The van der Waals surface area contributed by atoms with E-state index in [9.17, 15) is 4.79 Å². The van der Waals surface area contributed by atoms with Gasteiger partial charge in [-0.2, -0.15) is 15.0 Å². The van der Waals surface area contributed by atoms with E-state index in [4.69, 9.17) is 16.6 Å². The first-order valence-corrected chi connectivity index (χ1v) is 4.86. The van der Waals surface area contributed by atoms with Gasteiger partial charge in [-0.05, 0) is 6.92 Å². The molecule has 1 unspecified atom stereocenters. The number of nitrogen functional groups attached to an aromatic ring is 2. The summed E-state index contributed by atoms with van der Waals surface area (Å²) in [4.78, 5) is 23.8. The topological polar surface area (TPSA) is 143 Å². The van der Waals surface area contributed by atoms with Crippen LogP contribution in [0, 0.1) is 0 Å². The number of aliphatic hydroxyl groups is 1. The van der Waals surface area contributed by atoms with Crippen LogP contribution in [-0.4, -0.2) is 45.8 Å². The fourth-order valence-electron chi connectivity index (χ4n) is 0.992. The molecule has 0 spiro atoms. The molecule has 0 saturated heterocycles. The molecule has 0 saturated carbocycles. The van der Waals surface area contributed by atoms with E-state index >= 15 is 0 Å². The van der Waals surface area contributed by atoms with Gasteiger partial charge in [-0.25, -0.2) is 4.79 Å². The van der Waals surface area contributed by atoms with Crippen molar-refractivity contribution >= 4 is 23.9 Å². The number of hydrogen-bond donors (Lipinski definition) is 4. The highest BCUT2D eigenvalue weighted by Crippen LogP contribution is 2.08. The van der Waals surface area contributed by atoms with E-state index in [-0.39, 0.29) is 24.4 Å². The van der Waals surface area contributed by atoms with Crippen LogP contribution >= 0.6 is 0 Å². The predicted molar refractivity (Wildman–Crippen MR) is 62.1 cm³/mol. The number of aromatic nitrogens is 3. The van der Waals surface area contributed by atoms with Gasteiger partial charge in [0.15, 0.2) is 0 Å². The maximum atomic E-state index is 11.6. The van der Waals surface area contributed by atoms with Gasteiger partial charge in [0.1, 0.15) is 0 Å². The summed E-state index contributed by atoms with van der Waals surface area (Å²) in [5.74, 6) is -0.0940. The normalized spacial score (nSPS) is 11.9. The molecule has 1 aromatic heterocycles. The lowest BCUT2D eigenvalue weighted by molar-refractivity contribution is 0.189. The van der Waals surface area contributed by atoms with Crippen molar-refractivity contribution in [2.45, 2.75) is 13.0 Å². The smallest absolute Gasteiger partial charge is 0.324 e. The summed E-state index contributed by atoms with van der Waals surface area (Å²) in [6.45, 7) is 1.68. The zero-order chi connectivity index (χ0) is 13.0. The molecule has 17 heavy (non-hydrogen) atoms. The number of nitrogens with two attached hydrogens (primary N) is 2. The van der Waals surface area contributed by atoms with Crippen LogP contribution in [0.4, 0.5) is 22.6 Å². The van der Waals surface area contributed by atoms with Crippen LogP contribution in [0.25, 0.3) is 0 Å².